The zero-order chi connectivity index (χ0) is 12.3. The molecule has 0 radical (unpaired) electrons. The molecule has 0 amide bonds. The van der Waals surface area contributed by atoms with E-state index in [4.69, 9.17) is 10.5 Å². The second kappa shape index (κ2) is 9.90. The van der Waals surface area contributed by atoms with E-state index in [2.05, 4.69) is 6.92 Å². The molecule has 17 heavy (non-hydrogen) atoms. The molecule has 2 nitrogen and oxygen atoms in total. The Balaban J connectivity index is 1.81. The highest BCUT2D eigenvalue weighted by Crippen LogP contribution is 2.20. The van der Waals surface area contributed by atoms with Gasteiger partial charge in [0.15, 0.2) is 0 Å². The smallest absolute Gasteiger partial charge is 0.0576 e. The molecule has 0 aromatic heterocycles. The van der Waals surface area contributed by atoms with Gasteiger partial charge in [-0.25, -0.2) is 0 Å². The lowest BCUT2D eigenvalue weighted by Gasteiger charge is -2.26. The number of hydrogen-bond donors (Lipinski definition) is 1. The first-order valence-electron chi connectivity index (χ1n) is 7.70. The van der Waals surface area contributed by atoms with Crippen molar-refractivity contribution in [2.24, 2.45) is 5.73 Å². The van der Waals surface area contributed by atoms with Crippen LogP contribution in [0, 0.1) is 0 Å². The molecule has 1 rings (SSSR count). The average molecular weight is 241 g/mol. The van der Waals surface area contributed by atoms with Gasteiger partial charge in [0.1, 0.15) is 0 Å². The number of unbranched alkanes of at least 4 members (excludes halogenated alkanes) is 6. The Morgan fingerprint density at radius 3 is 2.12 bits per heavy atom. The maximum atomic E-state index is 5.90. The summed E-state index contributed by atoms with van der Waals surface area (Å²) in [7, 11) is 0. The van der Waals surface area contributed by atoms with Crippen molar-refractivity contribution in [3.8, 4) is 0 Å². The van der Waals surface area contributed by atoms with Crippen molar-refractivity contribution in [1.82, 2.24) is 0 Å². The molecule has 0 unspecified atom stereocenters. The molecule has 0 heterocycles. The first kappa shape index (κ1) is 15.0. The summed E-state index contributed by atoms with van der Waals surface area (Å²) in [5.41, 5.74) is 5.88. The Hall–Kier alpha value is -0.0800. The summed E-state index contributed by atoms with van der Waals surface area (Å²) in [6, 6.07) is 0.438. The Bertz CT molecular complexity index is 164. The summed E-state index contributed by atoms with van der Waals surface area (Å²) in [5.74, 6) is 0. The summed E-state index contributed by atoms with van der Waals surface area (Å²) < 4.78 is 5.90. The molecular formula is C15H31NO. The second-order valence-electron chi connectivity index (χ2n) is 5.53. The van der Waals surface area contributed by atoms with Gasteiger partial charge in [-0.15, -0.1) is 0 Å². The predicted octanol–water partition coefficient (Wildman–Crippen LogP) is 4.02. The highest BCUT2D eigenvalue weighted by Gasteiger charge is 2.18. The van der Waals surface area contributed by atoms with Crippen molar-refractivity contribution >= 4 is 0 Å². The summed E-state index contributed by atoms with van der Waals surface area (Å²) in [5, 5.41) is 0. The lowest BCUT2D eigenvalue weighted by molar-refractivity contribution is 0.0231. The molecule has 1 saturated carbocycles. The van der Waals surface area contributed by atoms with Crippen molar-refractivity contribution in [1.29, 1.82) is 0 Å². The van der Waals surface area contributed by atoms with Crippen molar-refractivity contribution in [3.05, 3.63) is 0 Å². The minimum atomic E-state index is 0.438. The largest absolute Gasteiger partial charge is 0.378 e. The molecule has 0 bridgehead atoms. The van der Waals surface area contributed by atoms with Gasteiger partial charge in [0.25, 0.3) is 0 Å². The molecule has 1 fully saturated rings. The lowest BCUT2D eigenvalue weighted by atomic mass is 9.94. The average Bonchev–Trinajstić information content (AvgIpc) is 2.35. The highest BCUT2D eigenvalue weighted by molar-refractivity contribution is 4.74. The third-order valence-electron chi connectivity index (χ3n) is 3.82. The molecule has 0 spiro atoms. The summed E-state index contributed by atoms with van der Waals surface area (Å²) >= 11 is 0. The topological polar surface area (TPSA) is 35.2 Å². The van der Waals surface area contributed by atoms with Gasteiger partial charge in [-0.1, -0.05) is 45.4 Å². The zero-order valence-electron chi connectivity index (χ0n) is 11.6. The maximum absolute atomic E-state index is 5.90. The number of ether oxygens (including phenoxy) is 1. The highest BCUT2D eigenvalue weighted by atomic mass is 16.5. The maximum Gasteiger partial charge on any atom is 0.0576 e. The fraction of sp³-hybridized carbons (Fsp3) is 1.00. The van der Waals surface area contributed by atoms with Crippen LogP contribution in [0.15, 0.2) is 0 Å². The standard InChI is InChI=1S/C15H31NO/c1-2-3-4-5-6-7-8-13-17-15-11-9-14(16)10-12-15/h14-15H,2-13,16H2,1H3. The van der Waals surface area contributed by atoms with Crippen LogP contribution >= 0.6 is 0 Å². The summed E-state index contributed by atoms with van der Waals surface area (Å²) in [4.78, 5) is 0. The van der Waals surface area contributed by atoms with Gasteiger partial charge in [-0.2, -0.15) is 0 Å². The monoisotopic (exact) mass is 241 g/mol. The van der Waals surface area contributed by atoms with Crippen molar-refractivity contribution < 1.29 is 4.74 Å². The molecule has 1 aliphatic rings. The van der Waals surface area contributed by atoms with Crippen LogP contribution in [0.2, 0.25) is 0 Å². The summed E-state index contributed by atoms with van der Waals surface area (Å²) in [6.07, 6.45) is 14.7. The van der Waals surface area contributed by atoms with E-state index < -0.39 is 0 Å². The van der Waals surface area contributed by atoms with E-state index >= 15 is 0 Å². The van der Waals surface area contributed by atoms with Crippen molar-refractivity contribution in [2.75, 3.05) is 6.61 Å². The fourth-order valence-electron chi connectivity index (χ4n) is 2.56. The van der Waals surface area contributed by atoms with Gasteiger partial charge >= 0.3 is 0 Å². The Morgan fingerprint density at radius 2 is 1.47 bits per heavy atom. The normalized spacial score (nSPS) is 25.1. The molecule has 2 N–H and O–H groups in total. The second-order valence-corrected chi connectivity index (χ2v) is 5.53. The van der Waals surface area contributed by atoms with Gasteiger partial charge in [0.05, 0.1) is 6.10 Å². The van der Waals surface area contributed by atoms with E-state index in [1.807, 2.05) is 0 Å². The van der Waals surface area contributed by atoms with Crippen molar-refractivity contribution in [2.45, 2.75) is 89.7 Å². The molecule has 1 aliphatic carbocycles. The number of nitrogens with two attached hydrogens (primary N) is 1. The number of rotatable bonds is 9. The first-order valence-corrected chi connectivity index (χ1v) is 7.70. The van der Waals surface area contributed by atoms with E-state index in [0.29, 0.717) is 12.1 Å². The van der Waals surface area contributed by atoms with Gasteiger partial charge < -0.3 is 10.5 Å². The van der Waals surface area contributed by atoms with Gasteiger partial charge in [-0.3, -0.25) is 0 Å². The van der Waals surface area contributed by atoms with E-state index in [-0.39, 0.29) is 0 Å². The number of hydrogen-bond acceptors (Lipinski definition) is 2. The van der Waals surface area contributed by atoms with Gasteiger partial charge in [0, 0.05) is 12.6 Å². The van der Waals surface area contributed by atoms with Crippen molar-refractivity contribution in [3.63, 3.8) is 0 Å². The first-order chi connectivity index (χ1) is 8.33. The fourth-order valence-corrected chi connectivity index (χ4v) is 2.56. The van der Waals surface area contributed by atoms with E-state index in [0.717, 1.165) is 19.4 Å². The molecule has 0 atom stereocenters. The molecular weight excluding hydrogens is 210 g/mol. The quantitative estimate of drug-likeness (QED) is 0.619. The minimum Gasteiger partial charge on any atom is -0.378 e. The molecule has 0 saturated heterocycles. The van der Waals surface area contributed by atoms with Crippen LogP contribution < -0.4 is 5.73 Å². The summed E-state index contributed by atoms with van der Waals surface area (Å²) in [6.45, 7) is 3.23. The molecule has 2 heteroatoms. The Kier molecular flexibility index (Phi) is 8.72. The van der Waals surface area contributed by atoms with E-state index in [1.165, 1.54) is 57.8 Å². The van der Waals surface area contributed by atoms with Gasteiger partial charge in [-0.05, 0) is 32.1 Å². The van der Waals surface area contributed by atoms with Gasteiger partial charge in [0.2, 0.25) is 0 Å². The molecule has 0 aliphatic heterocycles. The lowest BCUT2D eigenvalue weighted by Crippen LogP contribution is -2.30. The van der Waals surface area contributed by atoms with Crippen LogP contribution in [0.25, 0.3) is 0 Å². The third-order valence-corrected chi connectivity index (χ3v) is 3.82. The van der Waals surface area contributed by atoms with Crippen LogP contribution in [0.5, 0.6) is 0 Å². The van der Waals surface area contributed by atoms with Crippen LogP contribution in [0.3, 0.4) is 0 Å². The minimum absolute atomic E-state index is 0.438. The van der Waals surface area contributed by atoms with Crippen LogP contribution in [-0.2, 0) is 4.74 Å². The van der Waals surface area contributed by atoms with E-state index in [1.54, 1.807) is 0 Å². The molecule has 0 aromatic carbocycles. The Labute approximate surface area is 107 Å². The Morgan fingerprint density at radius 1 is 0.882 bits per heavy atom. The zero-order valence-corrected chi connectivity index (χ0v) is 11.6. The SMILES string of the molecule is CCCCCCCCCOC1CCC(N)CC1. The van der Waals surface area contributed by atoms with Crippen LogP contribution in [-0.4, -0.2) is 18.8 Å². The molecule has 0 aromatic rings. The van der Waals surface area contributed by atoms with Crippen LogP contribution in [0.1, 0.15) is 77.6 Å². The third kappa shape index (κ3) is 7.77. The predicted molar refractivity (Wildman–Crippen MR) is 74.2 cm³/mol. The van der Waals surface area contributed by atoms with Crippen LogP contribution in [0.4, 0.5) is 0 Å². The molecule has 102 valence electrons. The van der Waals surface area contributed by atoms with E-state index in [9.17, 15) is 0 Å².